The van der Waals surface area contributed by atoms with E-state index in [4.69, 9.17) is 4.99 Å². The molecule has 0 radical (unpaired) electrons. The maximum atomic E-state index is 14.0. The first-order valence-corrected chi connectivity index (χ1v) is 12.8. The van der Waals surface area contributed by atoms with Gasteiger partial charge in [0.15, 0.2) is 0 Å². The number of rotatable bonds is 7. The predicted octanol–water partition coefficient (Wildman–Crippen LogP) is 5.90. The summed E-state index contributed by atoms with van der Waals surface area (Å²) in [5, 5.41) is 2.91. The molecule has 0 aromatic heterocycles. The minimum atomic E-state index is -0.598. The van der Waals surface area contributed by atoms with Crippen molar-refractivity contribution in [3.8, 4) is 0 Å². The van der Waals surface area contributed by atoms with Crippen LogP contribution in [0.1, 0.15) is 87.3 Å². The number of hydrogen-bond donors (Lipinski definition) is 1. The van der Waals surface area contributed by atoms with Gasteiger partial charge >= 0.3 is 0 Å². The molecule has 1 aliphatic heterocycles. The zero-order chi connectivity index (χ0) is 25.2. The fourth-order valence-electron chi connectivity index (χ4n) is 5.38. The molecule has 2 amide bonds. The van der Waals surface area contributed by atoms with E-state index in [1.165, 1.54) is 12.1 Å². The maximum absolute atomic E-state index is 14.0. The van der Waals surface area contributed by atoms with E-state index >= 15 is 0 Å². The van der Waals surface area contributed by atoms with Crippen LogP contribution in [0.4, 0.5) is 4.39 Å². The highest BCUT2D eigenvalue weighted by molar-refractivity contribution is 6.46. The Labute approximate surface area is 207 Å². The quantitative estimate of drug-likeness (QED) is 0.540. The summed E-state index contributed by atoms with van der Waals surface area (Å²) in [5.41, 5.74) is 2.08. The Balaban J connectivity index is 1.71. The summed E-state index contributed by atoms with van der Waals surface area (Å²) in [4.78, 5) is 33.5. The summed E-state index contributed by atoms with van der Waals surface area (Å²) in [6.45, 7) is 9.15. The number of nitrogens with zero attached hydrogens (tertiary/aromatic N) is 2. The summed E-state index contributed by atoms with van der Waals surface area (Å²) in [5.74, 6) is 0.214. The van der Waals surface area contributed by atoms with Gasteiger partial charge in [0.05, 0.1) is 6.04 Å². The molecule has 1 heterocycles. The summed E-state index contributed by atoms with van der Waals surface area (Å²) in [7, 11) is 0. The molecule has 35 heavy (non-hydrogen) atoms. The van der Waals surface area contributed by atoms with Crippen molar-refractivity contribution in [3.63, 3.8) is 0 Å². The van der Waals surface area contributed by atoms with Crippen LogP contribution in [0.2, 0.25) is 0 Å². The van der Waals surface area contributed by atoms with E-state index in [0.717, 1.165) is 37.7 Å². The molecule has 1 aliphatic carbocycles. The minimum Gasteiger partial charge on any atom is -0.352 e. The molecule has 5 nitrogen and oxygen atoms in total. The van der Waals surface area contributed by atoms with Crippen LogP contribution in [0.25, 0.3) is 0 Å². The Morgan fingerprint density at radius 2 is 1.74 bits per heavy atom. The van der Waals surface area contributed by atoms with Gasteiger partial charge in [-0.05, 0) is 85.9 Å². The third kappa shape index (κ3) is 5.02. The molecule has 6 heteroatoms. The molecule has 0 bridgehead atoms. The second-order valence-corrected chi connectivity index (χ2v) is 10.4. The summed E-state index contributed by atoms with van der Waals surface area (Å²) >= 11 is 0. The zero-order valence-corrected chi connectivity index (χ0v) is 21.2. The number of hydrogen-bond acceptors (Lipinski definition) is 3. The first kappa shape index (κ1) is 25.1. The predicted molar refractivity (Wildman–Crippen MR) is 137 cm³/mol. The Morgan fingerprint density at radius 3 is 2.31 bits per heavy atom. The van der Waals surface area contributed by atoms with E-state index in [-0.39, 0.29) is 29.6 Å². The Morgan fingerprint density at radius 1 is 1.11 bits per heavy atom. The molecule has 2 aliphatic rings. The summed E-state index contributed by atoms with van der Waals surface area (Å²) in [6, 6.07) is 13.5. The molecule has 1 saturated carbocycles. The second kappa shape index (κ2) is 10.3. The number of amides is 2. The molecule has 186 valence electrons. The van der Waals surface area contributed by atoms with E-state index in [2.05, 4.69) is 26.1 Å². The van der Waals surface area contributed by atoms with Crippen molar-refractivity contribution in [2.24, 2.45) is 16.8 Å². The molecular formula is C29H36FN3O2. The number of carbonyl (C=O) groups excluding carboxylic acids is 2. The van der Waals surface area contributed by atoms with Crippen LogP contribution in [0.15, 0.2) is 53.5 Å². The van der Waals surface area contributed by atoms with Crippen LogP contribution < -0.4 is 5.32 Å². The van der Waals surface area contributed by atoms with Gasteiger partial charge in [-0.15, -0.1) is 0 Å². The lowest BCUT2D eigenvalue weighted by molar-refractivity contribution is -0.134. The van der Waals surface area contributed by atoms with Crippen molar-refractivity contribution in [3.05, 3.63) is 71.0 Å². The van der Waals surface area contributed by atoms with Crippen molar-refractivity contribution in [2.45, 2.75) is 71.5 Å². The largest absolute Gasteiger partial charge is 0.352 e. The first-order valence-electron chi connectivity index (χ1n) is 12.8. The third-order valence-corrected chi connectivity index (χ3v) is 7.34. The standard InChI is InChI=1S/C29H36FN3O2/c1-5-18-31-27(34)23-8-6-22(7-9-23)26(19(2)3)33-28(35)25(21-10-12-24(30)13-11-21)32-29(33)16-14-20(4)15-17-29/h6-13,19-20,26H,5,14-18H2,1-4H3,(H,31,34). The average Bonchev–Trinajstić information content (AvgIpc) is 3.12. The second-order valence-electron chi connectivity index (χ2n) is 10.4. The van der Waals surface area contributed by atoms with Crippen LogP contribution >= 0.6 is 0 Å². The van der Waals surface area contributed by atoms with Crippen molar-refractivity contribution in [1.29, 1.82) is 0 Å². The van der Waals surface area contributed by atoms with E-state index in [9.17, 15) is 14.0 Å². The molecule has 1 fully saturated rings. The summed E-state index contributed by atoms with van der Waals surface area (Å²) in [6.07, 6.45) is 4.51. The minimum absolute atomic E-state index is 0.0867. The fourth-order valence-corrected chi connectivity index (χ4v) is 5.38. The molecular weight excluding hydrogens is 441 g/mol. The highest BCUT2D eigenvalue weighted by Crippen LogP contribution is 2.47. The lowest BCUT2D eigenvalue weighted by atomic mass is 9.80. The van der Waals surface area contributed by atoms with Gasteiger partial charge in [0.2, 0.25) is 0 Å². The van der Waals surface area contributed by atoms with Crippen LogP contribution in [0, 0.1) is 17.7 Å². The van der Waals surface area contributed by atoms with Crippen LogP contribution in [-0.4, -0.2) is 34.6 Å². The number of halogens is 1. The van der Waals surface area contributed by atoms with Gasteiger partial charge in [0, 0.05) is 17.7 Å². The normalized spacial score (nSPS) is 23.0. The van der Waals surface area contributed by atoms with Gasteiger partial charge in [0.1, 0.15) is 17.2 Å². The van der Waals surface area contributed by atoms with E-state index in [1.54, 1.807) is 12.1 Å². The number of aliphatic imine (C=N–C) groups is 1. The maximum Gasteiger partial charge on any atom is 0.275 e. The Bertz CT molecular complexity index is 1080. The number of nitrogens with one attached hydrogen (secondary N) is 1. The zero-order valence-electron chi connectivity index (χ0n) is 21.2. The van der Waals surface area contributed by atoms with Crippen molar-refractivity contribution >= 4 is 17.5 Å². The van der Waals surface area contributed by atoms with Crippen LogP contribution in [-0.2, 0) is 4.79 Å². The molecule has 1 N–H and O–H groups in total. The van der Waals surface area contributed by atoms with Crippen LogP contribution in [0.3, 0.4) is 0 Å². The smallest absolute Gasteiger partial charge is 0.275 e. The van der Waals surface area contributed by atoms with Gasteiger partial charge in [-0.3, -0.25) is 14.6 Å². The van der Waals surface area contributed by atoms with Crippen LogP contribution in [0.5, 0.6) is 0 Å². The number of carbonyl (C=O) groups is 2. The lowest BCUT2D eigenvalue weighted by Gasteiger charge is -2.46. The van der Waals surface area contributed by atoms with E-state index in [1.807, 2.05) is 36.1 Å². The molecule has 1 atom stereocenters. The Hall–Kier alpha value is -3.02. The van der Waals surface area contributed by atoms with Gasteiger partial charge in [-0.2, -0.15) is 0 Å². The topological polar surface area (TPSA) is 61.8 Å². The highest BCUT2D eigenvalue weighted by atomic mass is 19.1. The van der Waals surface area contributed by atoms with E-state index < -0.39 is 5.66 Å². The van der Waals surface area contributed by atoms with Gasteiger partial charge in [-0.25, -0.2) is 4.39 Å². The molecule has 1 unspecified atom stereocenters. The molecule has 4 rings (SSSR count). The van der Waals surface area contributed by atoms with Gasteiger partial charge in [-0.1, -0.05) is 39.8 Å². The van der Waals surface area contributed by atoms with Crippen molar-refractivity contribution in [2.75, 3.05) is 6.54 Å². The van der Waals surface area contributed by atoms with Crippen molar-refractivity contribution in [1.82, 2.24) is 10.2 Å². The highest BCUT2D eigenvalue weighted by Gasteiger charge is 2.52. The lowest BCUT2D eigenvalue weighted by Crippen LogP contribution is -2.51. The van der Waals surface area contributed by atoms with Crippen molar-refractivity contribution < 1.29 is 14.0 Å². The fraction of sp³-hybridized carbons (Fsp3) is 0.483. The molecule has 1 spiro atoms. The molecule has 0 saturated heterocycles. The third-order valence-electron chi connectivity index (χ3n) is 7.34. The summed E-state index contributed by atoms with van der Waals surface area (Å²) < 4.78 is 13.6. The monoisotopic (exact) mass is 477 g/mol. The molecule has 2 aromatic rings. The first-order chi connectivity index (χ1) is 16.8. The van der Waals surface area contributed by atoms with E-state index in [0.29, 0.717) is 29.3 Å². The SMILES string of the molecule is CCCNC(=O)c1ccc(C(C(C)C)N2C(=O)C(c3ccc(F)cc3)=NC23CCC(C)CC3)cc1. The van der Waals surface area contributed by atoms with Gasteiger partial charge < -0.3 is 10.2 Å². The average molecular weight is 478 g/mol. The Kier molecular flexibility index (Phi) is 7.39. The molecule has 2 aromatic carbocycles. The number of benzene rings is 2. The van der Waals surface area contributed by atoms with Gasteiger partial charge in [0.25, 0.3) is 11.8 Å².